The number of ether oxygens (including phenoxy) is 5. The molecule has 4 aromatic carbocycles. The number of aliphatic hydroxyl groups is 3. The lowest BCUT2D eigenvalue weighted by molar-refractivity contribution is -0.160. The molecule has 0 saturated carbocycles. The van der Waals surface area contributed by atoms with Crippen molar-refractivity contribution in [3.63, 3.8) is 0 Å². The number of anilines is 2. The SMILES string of the molecule is CO[C@H]1/C=C\O[C@@]2(C)Oc3c(C)c(O)c4c(=O)c(c5oc6cc(N7CCN(CC(C)C)CC7)cc(=O)c6nc5c4c3=C2O)NC(=O)/C(C)=C/C=C/[C@H](C)[C@H](O)[C@@H](C)[C@@H](O)[C@@H](C)[C@H](OC(C)=O)[C@@H]1C.Cc1c(OCC(F)(F)F)ccnc1CS(=O)c1nc2ccccc2[nH]1. The lowest BCUT2D eigenvalue weighted by Gasteiger charge is -2.38. The Morgan fingerprint density at radius 1 is 0.914 bits per heavy atom. The van der Waals surface area contributed by atoms with E-state index in [0.717, 1.165) is 25.2 Å². The number of allylic oxidation sites excluding steroid dienone is 2. The molecule has 22 nitrogen and oxygen atoms in total. The normalized spacial score (nSPS) is 25.1. The molecule has 1 saturated heterocycles. The van der Waals surface area contributed by atoms with Gasteiger partial charge in [-0.3, -0.25) is 33.3 Å². The van der Waals surface area contributed by atoms with Gasteiger partial charge in [0.05, 0.1) is 68.5 Å². The Bertz CT molecular complexity index is 4270. The summed E-state index contributed by atoms with van der Waals surface area (Å²) in [6.07, 6.45) is 0.484. The van der Waals surface area contributed by atoms with Gasteiger partial charge in [0.2, 0.25) is 10.9 Å². The molecule has 3 aliphatic heterocycles. The molecule has 1 unspecified atom stereocenters. The molecule has 3 aliphatic rings. The highest BCUT2D eigenvalue weighted by Gasteiger charge is 2.44. The first-order valence-electron chi connectivity index (χ1n) is 30.5. The van der Waals surface area contributed by atoms with Crippen molar-refractivity contribution in [2.24, 2.45) is 29.6 Å². The van der Waals surface area contributed by atoms with Crippen molar-refractivity contribution in [3.8, 4) is 17.2 Å². The monoisotopic (exact) mass is 1310 g/mol. The molecule has 1 fully saturated rings. The number of nitrogens with one attached hydrogen (secondary N) is 2. The Balaban J connectivity index is 0.000000339. The van der Waals surface area contributed by atoms with Crippen molar-refractivity contribution >= 4 is 83.8 Å². The van der Waals surface area contributed by atoms with Crippen molar-refractivity contribution in [2.45, 2.75) is 123 Å². The largest absolute Gasteiger partial charge is 0.507 e. The van der Waals surface area contributed by atoms with Crippen molar-refractivity contribution in [3.05, 3.63) is 127 Å². The second kappa shape index (κ2) is 28.0. The number of aromatic amines is 1. The predicted molar refractivity (Wildman–Crippen MR) is 345 cm³/mol. The van der Waals surface area contributed by atoms with Gasteiger partial charge in [0.15, 0.2) is 34.2 Å². The molecule has 1 amide bonds. The molecule has 6 N–H and O–H groups in total. The number of methoxy groups -OCH3 is 1. The average molecular weight is 1310 g/mol. The highest BCUT2D eigenvalue weighted by molar-refractivity contribution is 7.84. The lowest BCUT2D eigenvalue weighted by atomic mass is 9.78. The summed E-state index contributed by atoms with van der Waals surface area (Å²) in [5.41, 5.74) is 0.934. The molecule has 0 radical (unpaired) electrons. The van der Waals surface area contributed by atoms with E-state index in [4.69, 9.17) is 33.1 Å². The molecular weight excluding hydrogens is 1230 g/mol. The van der Waals surface area contributed by atoms with Crippen LogP contribution < -0.4 is 35.8 Å². The van der Waals surface area contributed by atoms with E-state index in [1.54, 1.807) is 58.9 Å². The van der Waals surface area contributed by atoms with E-state index in [0.29, 0.717) is 46.6 Å². The average Bonchev–Trinajstić information content (AvgIpc) is 1.66. The Labute approximate surface area is 536 Å². The van der Waals surface area contributed by atoms with E-state index >= 15 is 0 Å². The number of phenolic OH excluding ortho intramolecular Hbond substituents is 1. The van der Waals surface area contributed by atoms with Crippen LogP contribution in [0.4, 0.5) is 24.5 Å². The molecule has 0 aliphatic carbocycles. The molecule has 10 rings (SSSR count). The van der Waals surface area contributed by atoms with E-state index in [2.05, 4.69) is 43.9 Å². The van der Waals surface area contributed by atoms with Crippen molar-refractivity contribution in [2.75, 3.05) is 56.7 Å². The molecule has 0 spiro atoms. The van der Waals surface area contributed by atoms with Crippen LogP contribution in [0.2, 0.25) is 0 Å². The Morgan fingerprint density at radius 3 is 2.29 bits per heavy atom. The number of para-hydroxylation sites is 2. The number of aromatic hydroxyl groups is 1. The van der Waals surface area contributed by atoms with Gasteiger partial charge < -0.3 is 63.7 Å². The zero-order valence-electron chi connectivity index (χ0n) is 53.7. The van der Waals surface area contributed by atoms with Crippen LogP contribution in [0.5, 0.6) is 17.2 Å². The van der Waals surface area contributed by atoms with Crippen LogP contribution >= 0.6 is 0 Å². The third-order valence-corrected chi connectivity index (χ3v) is 18.4. The molecular formula is C67H78F3N7O15S. The molecule has 6 heterocycles. The third kappa shape index (κ3) is 14.7. The molecule has 93 heavy (non-hydrogen) atoms. The first-order valence-corrected chi connectivity index (χ1v) is 31.8. The van der Waals surface area contributed by atoms with Crippen molar-refractivity contribution in [1.29, 1.82) is 0 Å². The van der Waals surface area contributed by atoms with E-state index in [1.165, 1.54) is 71.5 Å². The van der Waals surface area contributed by atoms with E-state index in [1.807, 2.05) is 18.2 Å². The van der Waals surface area contributed by atoms with Gasteiger partial charge in [0.25, 0.3) is 5.91 Å². The fourth-order valence-corrected chi connectivity index (χ4v) is 13.1. The lowest BCUT2D eigenvalue weighted by Crippen LogP contribution is -2.47. The minimum Gasteiger partial charge on any atom is -0.507 e. The predicted octanol–water partition coefficient (Wildman–Crippen LogP) is 8.85. The number of H-pyrrole nitrogens is 1. The molecule has 4 bridgehead atoms. The second-order valence-electron chi connectivity index (χ2n) is 24.6. The van der Waals surface area contributed by atoms with Crippen LogP contribution in [0, 0.1) is 43.4 Å². The number of carbonyl (C=O) groups is 2. The number of phenols is 1. The molecule has 7 aromatic rings. The summed E-state index contributed by atoms with van der Waals surface area (Å²) < 4.78 is 84.8. The fourth-order valence-electron chi connectivity index (χ4n) is 12.0. The van der Waals surface area contributed by atoms with Gasteiger partial charge in [-0.15, -0.1) is 0 Å². The minimum atomic E-state index is -4.42. The van der Waals surface area contributed by atoms with Crippen molar-refractivity contribution < 1.29 is 75.5 Å². The van der Waals surface area contributed by atoms with E-state index in [-0.39, 0.29) is 72.3 Å². The van der Waals surface area contributed by atoms with E-state index < -0.39 is 112 Å². The number of nitrogens with zero attached hydrogens (tertiary/aromatic N) is 5. The number of halogens is 3. The van der Waals surface area contributed by atoms with E-state index in [9.17, 15) is 57.0 Å². The highest BCUT2D eigenvalue weighted by atomic mass is 32.2. The number of imidazole rings is 1. The number of pyridine rings is 1. The number of hydrogen-bond acceptors (Lipinski definition) is 20. The van der Waals surface area contributed by atoms with Crippen LogP contribution in [0.3, 0.4) is 0 Å². The molecule has 26 heteroatoms. The number of aliphatic hydroxyl groups excluding tert-OH is 3. The Morgan fingerprint density at radius 2 is 1.62 bits per heavy atom. The molecule has 3 aromatic heterocycles. The van der Waals surface area contributed by atoms with Crippen LogP contribution in [0.25, 0.3) is 49.8 Å². The number of amides is 1. The van der Waals surface area contributed by atoms with Gasteiger partial charge in [-0.05, 0) is 51.0 Å². The Hall–Kier alpha value is -8.43. The topological polar surface area (TPSA) is 299 Å². The number of piperazine rings is 1. The van der Waals surface area contributed by atoms with Gasteiger partial charge in [0.1, 0.15) is 34.6 Å². The summed E-state index contributed by atoms with van der Waals surface area (Å²) in [4.78, 5) is 76.0. The summed E-state index contributed by atoms with van der Waals surface area (Å²) in [5.74, 6) is -6.33. The van der Waals surface area contributed by atoms with Gasteiger partial charge >= 0.3 is 17.9 Å². The number of benzene rings is 4. The maximum atomic E-state index is 14.9. The molecule has 498 valence electrons. The number of carbonyl (C=O) groups excluding carboxylic acids is 2. The van der Waals surface area contributed by atoms with Crippen molar-refractivity contribution in [1.82, 2.24) is 24.8 Å². The zero-order valence-corrected chi connectivity index (χ0v) is 54.5. The number of alkyl halides is 3. The smallest absolute Gasteiger partial charge is 0.422 e. The van der Waals surface area contributed by atoms with Crippen LogP contribution in [-0.4, -0.2) is 144 Å². The summed E-state index contributed by atoms with van der Waals surface area (Å²) in [5, 5.41) is 49.6. The quantitative estimate of drug-likeness (QED) is 0.0423. The van der Waals surface area contributed by atoms with Gasteiger partial charge in [-0.2, -0.15) is 13.2 Å². The maximum Gasteiger partial charge on any atom is 0.422 e. The van der Waals surface area contributed by atoms with Crippen LogP contribution in [0.15, 0.2) is 104 Å². The van der Waals surface area contributed by atoms with Gasteiger partial charge in [0, 0.05) is 123 Å². The summed E-state index contributed by atoms with van der Waals surface area (Å²) in [6, 6.07) is 11.8. The first-order chi connectivity index (χ1) is 43.9. The Kier molecular flexibility index (Phi) is 20.8. The fraction of sp³-hybridized carbons (Fsp3) is 0.448. The standard InChI is InChI=1S/C51H64N4O13.C16H14F3N3O2S/c1-24(2)23-54-16-18-55(19-17-54)32-21-33(57)39-35(22-32)67-48-40(52-39)36-37-44(60)30(8)47-38(36)49(62)51(10,68-47)65-20-15-34(64-11)27(5)46(66-31(9)56)29(7)43(59)28(6)42(58)25(3)13-12-14-26(4)50(63)53-41(48)45(37)61;1-10-13(20-7-6-14(10)24-9-16(17,18)19)8-25(23)15-21-11-4-2-3-5-12(11)22-15/h12-15,20-22,24-25,27-29,34,42-43,46,58-60,62H,16-19,23H2,1-11H3,(H,53,63);2-7H,8-9H2,1H3,(H,21,22)/b13-12+,20-15-,26-14+;/t25-,27+,28+,29+,34-,42-,43+,46+,51-;/m0./s1. The summed E-state index contributed by atoms with van der Waals surface area (Å²) in [6.45, 7) is 21.0. The molecule has 10 atom stereocenters. The first kappa shape index (κ1) is 68.9. The van der Waals surface area contributed by atoms with Crippen LogP contribution in [0.1, 0.15) is 79.1 Å². The van der Waals surface area contributed by atoms with Gasteiger partial charge in [-0.25, -0.2) is 9.97 Å². The third-order valence-electron chi connectivity index (χ3n) is 17.3. The maximum absolute atomic E-state index is 14.9. The number of rotatable bonds is 10. The number of hydrogen-bond donors (Lipinski definition) is 6. The zero-order chi connectivity index (χ0) is 67.7. The summed E-state index contributed by atoms with van der Waals surface area (Å²) in [7, 11) is -0.0677. The highest BCUT2D eigenvalue weighted by Crippen LogP contribution is 2.43. The second-order valence-corrected chi connectivity index (χ2v) is 25.9. The van der Waals surface area contributed by atoms with Gasteiger partial charge in [-0.1, -0.05) is 71.9 Å². The number of fused-ring (bicyclic) bond motifs is 3. The number of aromatic nitrogens is 4. The number of esters is 1. The minimum absolute atomic E-state index is 0.0227. The summed E-state index contributed by atoms with van der Waals surface area (Å²) >= 11 is 0. The van der Waals surface area contributed by atoms with Crippen LogP contribution in [-0.2, 0) is 40.4 Å².